The third-order valence-corrected chi connectivity index (χ3v) is 3.18. The average molecular weight is 276 g/mol. The molecule has 0 saturated heterocycles. The van der Waals surface area contributed by atoms with Gasteiger partial charge >= 0.3 is 0 Å². The molecule has 1 unspecified atom stereocenters. The molecule has 0 aliphatic rings. The van der Waals surface area contributed by atoms with Crippen LogP contribution in [0.2, 0.25) is 0 Å². The molecule has 2 heteroatoms. The smallest absolute Gasteiger partial charge is 0.00474 e. The van der Waals surface area contributed by atoms with Crippen molar-refractivity contribution >= 4 is 12.4 Å². The van der Waals surface area contributed by atoms with Gasteiger partial charge in [-0.05, 0) is 31.6 Å². The quantitative estimate of drug-likeness (QED) is 0.797. The maximum atomic E-state index is 2.26. The molecule has 0 heterocycles. The lowest BCUT2D eigenvalue weighted by Crippen LogP contribution is -2.21. The summed E-state index contributed by atoms with van der Waals surface area (Å²) in [4.78, 5) is 2.26. The van der Waals surface area contributed by atoms with Gasteiger partial charge in [0, 0.05) is 12.5 Å². The van der Waals surface area contributed by atoms with E-state index in [1.165, 1.54) is 11.1 Å². The Balaban J connectivity index is 0.00000180. The van der Waals surface area contributed by atoms with Gasteiger partial charge in [-0.25, -0.2) is 0 Å². The lowest BCUT2D eigenvalue weighted by atomic mass is 9.91. The molecule has 0 bridgehead atoms. The monoisotopic (exact) mass is 275 g/mol. The van der Waals surface area contributed by atoms with Gasteiger partial charge in [0.15, 0.2) is 0 Å². The third-order valence-electron chi connectivity index (χ3n) is 3.18. The topological polar surface area (TPSA) is 3.24 Å². The van der Waals surface area contributed by atoms with E-state index in [2.05, 4.69) is 79.7 Å². The van der Waals surface area contributed by atoms with Crippen molar-refractivity contribution in [2.75, 3.05) is 20.6 Å². The molecular weight excluding hydrogens is 254 g/mol. The molecule has 0 N–H and O–H groups in total. The summed E-state index contributed by atoms with van der Waals surface area (Å²) in [5.74, 6) is 0.559. The minimum absolute atomic E-state index is 0. The van der Waals surface area contributed by atoms with Gasteiger partial charge in [0.1, 0.15) is 0 Å². The maximum Gasteiger partial charge on any atom is 0.00474 e. The van der Waals surface area contributed by atoms with Gasteiger partial charge in [0.2, 0.25) is 0 Å². The summed E-state index contributed by atoms with van der Waals surface area (Å²) in [6.45, 7) is 1.08. The molecule has 2 aromatic carbocycles. The summed E-state index contributed by atoms with van der Waals surface area (Å²) in [7, 11) is 4.28. The highest BCUT2D eigenvalue weighted by Gasteiger charge is 2.12. The molecule has 1 nitrogen and oxygen atoms in total. The molecule has 0 spiro atoms. The Morgan fingerprint density at radius 3 is 1.89 bits per heavy atom. The number of rotatable bonds is 5. The Hall–Kier alpha value is -1.31. The molecule has 0 aromatic heterocycles. The second-order valence-corrected chi connectivity index (χ2v) is 5.06. The molecular formula is C17H22ClN. The summed E-state index contributed by atoms with van der Waals surface area (Å²) in [5, 5.41) is 0. The minimum atomic E-state index is 0. The molecule has 0 fully saturated rings. The van der Waals surface area contributed by atoms with E-state index in [0.29, 0.717) is 5.92 Å². The van der Waals surface area contributed by atoms with E-state index in [9.17, 15) is 0 Å². The molecule has 1 atom stereocenters. The van der Waals surface area contributed by atoms with E-state index in [4.69, 9.17) is 0 Å². The number of likely N-dealkylation sites (N-methyl/N-ethyl adjacent to an activating group) is 1. The van der Waals surface area contributed by atoms with E-state index in [-0.39, 0.29) is 12.4 Å². The number of halogens is 1. The number of hydrogen-bond donors (Lipinski definition) is 0. The van der Waals surface area contributed by atoms with Crippen LogP contribution in [0.3, 0.4) is 0 Å². The van der Waals surface area contributed by atoms with Crippen LogP contribution in [0.4, 0.5) is 0 Å². The van der Waals surface area contributed by atoms with Crippen LogP contribution in [-0.2, 0) is 6.42 Å². The summed E-state index contributed by atoms with van der Waals surface area (Å²) >= 11 is 0. The zero-order valence-corrected chi connectivity index (χ0v) is 12.4. The summed E-state index contributed by atoms with van der Waals surface area (Å²) < 4.78 is 0. The third kappa shape index (κ3) is 5.06. The van der Waals surface area contributed by atoms with Crippen LogP contribution in [-0.4, -0.2) is 25.5 Å². The van der Waals surface area contributed by atoms with Crippen molar-refractivity contribution in [2.45, 2.75) is 12.3 Å². The molecule has 2 rings (SSSR count). The molecule has 102 valence electrons. The van der Waals surface area contributed by atoms with Gasteiger partial charge in [-0.3, -0.25) is 0 Å². The van der Waals surface area contributed by atoms with Crippen LogP contribution in [0.25, 0.3) is 0 Å². The lowest BCUT2D eigenvalue weighted by Gasteiger charge is -2.21. The summed E-state index contributed by atoms with van der Waals surface area (Å²) in [6.07, 6.45) is 1.10. The Kier molecular flexibility index (Phi) is 6.61. The van der Waals surface area contributed by atoms with Gasteiger partial charge in [-0.15, -0.1) is 12.4 Å². The molecule has 0 radical (unpaired) electrons. The molecule has 2 aromatic rings. The summed E-state index contributed by atoms with van der Waals surface area (Å²) in [5.41, 5.74) is 2.84. The number of benzene rings is 2. The van der Waals surface area contributed by atoms with Gasteiger partial charge < -0.3 is 4.90 Å². The first kappa shape index (κ1) is 15.7. The van der Waals surface area contributed by atoms with Crippen LogP contribution in [0.5, 0.6) is 0 Å². The van der Waals surface area contributed by atoms with Crippen molar-refractivity contribution in [2.24, 2.45) is 0 Å². The fraction of sp³-hybridized carbons (Fsp3) is 0.294. The van der Waals surface area contributed by atoms with Crippen molar-refractivity contribution in [3.8, 4) is 0 Å². The van der Waals surface area contributed by atoms with E-state index >= 15 is 0 Å². The Bertz CT molecular complexity index is 453. The number of hydrogen-bond acceptors (Lipinski definition) is 1. The van der Waals surface area contributed by atoms with Crippen LogP contribution < -0.4 is 0 Å². The second-order valence-electron chi connectivity index (χ2n) is 5.06. The predicted octanol–water partition coefficient (Wildman–Crippen LogP) is 4.00. The highest BCUT2D eigenvalue weighted by Crippen LogP contribution is 2.21. The fourth-order valence-corrected chi connectivity index (χ4v) is 2.35. The zero-order chi connectivity index (χ0) is 12.8. The van der Waals surface area contributed by atoms with E-state index in [0.717, 1.165) is 13.0 Å². The Morgan fingerprint density at radius 2 is 1.37 bits per heavy atom. The van der Waals surface area contributed by atoms with E-state index in [1.807, 2.05) is 0 Å². The molecule has 19 heavy (non-hydrogen) atoms. The van der Waals surface area contributed by atoms with Gasteiger partial charge in [0.25, 0.3) is 0 Å². The fourth-order valence-electron chi connectivity index (χ4n) is 2.35. The normalized spacial score (nSPS) is 11.9. The van der Waals surface area contributed by atoms with Crippen LogP contribution in [0.15, 0.2) is 60.7 Å². The first-order valence-corrected chi connectivity index (χ1v) is 6.49. The van der Waals surface area contributed by atoms with Crippen molar-refractivity contribution in [3.63, 3.8) is 0 Å². The van der Waals surface area contributed by atoms with Crippen molar-refractivity contribution in [1.29, 1.82) is 0 Å². The largest absolute Gasteiger partial charge is 0.309 e. The number of nitrogens with zero attached hydrogens (tertiary/aromatic N) is 1. The molecule has 0 aliphatic carbocycles. The van der Waals surface area contributed by atoms with Gasteiger partial charge in [0.05, 0.1) is 0 Å². The second kappa shape index (κ2) is 7.98. The van der Waals surface area contributed by atoms with Crippen LogP contribution >= 0.6 is 12.4 Å². The minimum Gasteiger partial charge on any atom is -0.309 e. The Labute approximate surface area is 122 Å². The van der Waals surface area contributed by atoms with Crippen molar-refractivity contribution < 1.29 is 0 Å². The molecule has 0 saturated carbocycles. The SMILES string of the molecule is CN(C)CC(Cc1ccccc1)c1ccccc1.Cl. The average Bonchev–Trinajstić information content (AvgIpc) is 2.40. The van der Waals surface area contributed by atoms with Crippen molar-refractivity contribution in [1.82, 2.24) is 4.90 Å². The van der Waals surface area contributed by atoms with Crippen molar-refractivity contribution in [3.05, 3.63) is 71.8 Å². The van der Waals surface area contributed by atoms with E-state index < -0.39 is 0 Å². The highest BCUT2D eigenvalue weighted by atomic mass is 35.5. The maximum absolute atomic E-state index is 2.26. The zero-order valence-electron chi connectivity index (χ0n) is 11.6. The summed E-state index contributed by atoms with van der Waals surface area (Å²) in [6, 6.07) is 21.5. The van der Waals surface area contributed by atoms with Crippen LogP contribution in [0.1, 0.15) is 17.0 Å². The van der Waals surface area contributed by atoms with Gasteiger partial charge in [-0.2, -0.15) is 0 Å². The van der Waals surface area contributed by atoms with Gasteiger partial charge in [-0.1, -0.05) is 60.7 Å². The molecule has 0 amide bonds. The predicted molar refractivity (Wildman–Crippen MR) is 85.1 cm³/mol. The Morgan fingerprint density at radius 1 is 0.842 bits per heavy atom. The van der Waals surface area contributed by atoms with Crippen LogP contribution in [0, 0.1) is 0 Å². The molecule has 0 aliphatic heterocycles. The first-order valence-electron chi connectivity index (χ1n) is 6.49. The highest BCUT2D eigenvalue weighted by molar-refractivity contribution is 5.85. The van der Waals surface area contributed by atoms with E-state index in [1.54, 1.807) is 0 Å². The standard InChI is InChI=1S/C17H21N.ClH/c1-18(2)14-17(16-11-7-4-8-12-16)13-15-9-5-3-6-10-15;/h3-12,17H,13-14H2,1-2H3;1H. The first-order chi connectivity index (χ1) is 8.75. The lowest BCUT2D eigenvalue weighted by molar-refractivity contribution is 0.371.